The van der Waals surface area contributed by atoms with Crippen molar-refractivity contribution >= 4 is 0 Å². The predicted octanol–water partition coefficient (Wildman–Crippen LogP) is 6.68. The lowest BCUT2D eigenvalue weighted by atomic mass is 9.95. The zero-order valence-corrected chi connectivity index (χ0v) is 26.6. The molecule has 1 aromatic carbocycles. The zero-order chi connectivity index (χ0) is 30.2. The van der Waals surface area contributed by atoms with Crippen LogP contribution in [0.25, 0.3) is 0 Å². The molecule has 2 N–H and O–H groups in total. The fourth-order valence-corrected chi connectivity index (χ4v) is 5.63. The average molecular weight is 592 g/mol. The molecule has 2 heterocycles. The number of ether oxygens (including phenoxy) is 7. The quantitative estimate of drug-likeness (QED) is 0.125. The molecule has 0 spiro atoms. The molecule has 0 unspecified atom stereocenters. The zero-order valence-electron chi connectivity index (χ0n) is 26.6. The molecule has 8 nitrogen and oxygen atoms in total. The summed E-state index contributed by atoms with van der Waals surface area (Å²) >= 11 is 0. The van der Waals surface area contributed by atoms with Gasteiger partial charge in [-0.25, -0.2) is 0 Å². The largest absolute Gasteiger partial charge is 0.497 e. The number of rotatable bonds is 21. The topological polar surface area (TPSA) is 90.6 Å². The summed E-state index contributed by atoms with van der Waals surface area (Å²) < 4.78 is 42.3. The predicted molar refractivity (Wildman–Crippen MR) is 165 cm³/mol. The maximum atomic E-state index is 6.63. The number of benzene rings is 1. The van der Waals surface area contributed by atoms with E-state index >= 15 is 0 Å². The average Bonchev–Trinajstić information content (AvgIpc) is 2.99. The van der Waals surface area contributed by atoms with E-state index in [2.05, 4.69) is 25.6 Å². The van der Waals surface area contributed by atoms with Crippen molar-refractivity contribution in [2.24, 2.45) is 5.73 Å². The summed E-state index contributed by atoms with van der Waals surface area (Å²) in [5.41, 5.74) is 7.76. The maximum absolute atomic E-state index is 6.63. The Morgan fingerprint density at radius 3 is 2.36 bits per heavy atom. The van der Waals surface area contributed by atoms with Gasteiger partial charge in [0, 0.05) is 6.61 Å². The van der Waals surface area contributed by atoms with Crippen molar-refractivity contribution in [3.8, 4) is 5.75 Å². The second-order valence-corrected chi connectivity index (χ2v) is 12.1. The molecule has 0 aliphatic carbocycles. The molecule has 0 radical (unpaired) electrons. The summed E-state index contributed by atoms with van der Waals surface area (Å²) in [6, 6.07) is 7.55. The summed E-state index contributed by atoms with van der Waals surface area (Å²) in [5, 5.41) is 0. The van der Waals surface area contributed by atoms with Crippen LogP contribution < -0.4 is 10.5 Å². The van der Waals surface area contributed by atoms with Crippen LogP contribution in [-0.4, -0.2) is 69.5 Å². The third kappa shape index (κ3) is 11.9. The first-order valence-corrected chi connectivity index (χ1v) is 16.2. The molecular formula is C34H57NO7. The van der Waals surface area contributed by atoms with Crippen LogP contribution in [0.2, 0.25) is 0 Å². The van der Waals surface area contributed by atoms with Crippen molar-refractivity contribution in [3.05, 3.63) is 42.5 Å². The third-order valence-corrected chi connectivity index (χ3v) is 8.11. The SMILES string of the molecule is C=CCO[C@H]1O[C@@H]2COC(C)(C)O[C@H]2[C@H](OCC[C@@H](CCCCCCCCCCC)OCc2ccc(OC)cc2)[C@H]1N. The van der Waals surface area contributed by atoms with E-state index in [1.165, 1.54) is 51.4 Å². The van der Waals surface area contributed by atoms with E-state index in [1.54, 1.807) is 13.2 Å². The number of hydrogen-bond donors (Lipinski definition) is 1. The standard InChI is InChI=1S/C34H57NO7/c1-6-8-9-10-11-12-13-14-15-16-28(39-24-26-17-19-27(36-5)20-18-26)21-23-37-32-30(35)33(38-22-7-2)41-29-25-40-34(3,4)42-31(29)32/h7,17-20,28-33H,2,6,8-16,21-25,35H2,1,3-5H3/t28-,29-,30-,31-,32-,33+/m1/s1. The molecule has 0 saturated carbocycles. The van der Waals surface area contributed by atoms with E-state index in [-0.39, 0.29) is 18.3 Å². The van der Waals surface area contributed by atoms with Gasteiger partial charge >= 0.3 is 0 Å². The molecule has 42 heavy (non-hydrogen) atoms. The Morgan fingerprint density at radius 1 is 1.00 bits per heavy atom. The minimum absolute atomic E-state index is 0.0865. The van der Waals surface area contributed by atoms with Gasteiger partial charge < -0.3 is 38.9 Å². The van der Waals surface area contributed by atoms with Gasteiger partial charge in [-0.3, -0.25) is 0 Å². The van der Waals surface area contributed by atoms with Crippen LogP contribution >= 0.6 is 0 Å². The van der Waals surface area contributed by atoms with Crippen LogP contribution in [0.1, 0.15) is 97.0 Å². The minimum atomic E-state index is -0.735. The van der Waals surface area contributed by atoms with Crippen molar-refractivity contribution in [2.45, 2.75) is 141 Å². The fraction of sp³-hybridized carbons (Fsp3) is 0.765. The smallest absolute Gasteiger partial charge is 0.176 e. The minimum Gasteiger partial charge on any atom is -0.497 e. The molecule has 2 fully saturated rings. The molecule has 0 amide bonds. The van der Waals surface area contributed by atoms with E-state index in [4.69, 9.17) is 38.9 Å². The summed E-state index contributed by atoms with van der Waals surface area (Å²) in [4.78, 5) is 0. The fourth-order valence-electron chi connectivity index (χ4n) is 5.63. The van der Waals surface area contributed by atoms with Crippen molar-refractivity contribution in [1.82, 2.24) is 0 Å². The van der Waals surface area contributed by atoms with Crippen LogP contribution in [0, 0.1) is 0 Å². The highest BCUT2D eigenvalue weighted by Crippen LogP contribution is 2.34. The first kappa shape index (κ1) is 35.0. The second kappa shape index (κ2) is 19.0. The Balaban J connectivity index is 1.54. The Morgan fingerprint density at radius 2 is 1.69 bits per heavy atom. The highest BCUT2D eigenvalue weighted by Gasteiger charge is 2.51. The number of unbranched alkanes of at least 4 members (excludes halogenated alkanes) is 8. The lowest BCUT2D eigenvalue weighted by Crippen LogP contribution is -2.67. The first-order chi connectivity index (χ1) is 20.4. The molecule has 6 atom stereocenters. The normalized spacial score (nSPS) is 26.0. The van der Waals surface area contributed by atoms with Gasteiger partial charge in [0.2, 0.25) is 0 Å². The lowest BCUT2D eigenvalue weighted by molar-refractivity contribution is -0.370. The highest BCUT2D eigenvalue weighted by atomic mass is 16.8. The molecule has 240 valence electrons. The second-order valence-electron chi connectivity index (χ2n) is 12.1. The van der Waals surface area contributed by atoms with Crippen LogP contribution in [0.15, 0.2) is 36.9 Å². The summed E-state index contributed by atoms with van der Waals surface area (Å²) in [6.07, 6.45) is 13.6. The molecule has 2 aliphatic rings. The summed E-state index contributed by atoms with van der Waals surface area (Å²) in [5.74, 6) is 0.110. The van der Waals surface area contributed by atoms with E-state index in [9.17, 15) is 0 Å². The molecule has 2 aliphatic heterocycles. The molecule has 8 heteroatoms. The van der Waals surface area contributed by atoms with Crippen molar-refractivity contribution in [1.29, 1.82) is 0 Å². The third-order valence-electron chi connectivity index (χ3n) is 8.11. The molecule has 2 saturated heterocycles. The van der Waals surface area contributed by atoms with Gasteiger partial charge in [0.15, 0.2) is 12.1 Å². The number of nitrogens with two attached hydrogens (primary N) is 1. The van der Waals surface area contributed by atoms with Crippen molar-refractivity contribution in [3.63, 3.8) is 0 Å². The Bertz CT molecular complexity index is 864. The van der Waals surface area contributed by atoms with E-state index < -0.39 is 24.2 Å². The number of hydrogen-bond acceptors (Lipinski definition) is 8. The number of fused-ring (bicyclic) bond motifs is 1. The van der Waals surface area contributed by atoms with E-state index in [1.807, 2.05) is 26.0 Å². The molecule has 0 aromatic heterocycles. The van der Waals surface area contributed by atoms with E-state index in [0.717, 1.165) is 30.6 Å². The lowest BCUT2D eigenvalue weighted by Gasteiger charge is -2.50. The van der Waals surface area contributed by atoms with Crippen LogP contribution in [0.3, 0.4) is 0 Å². The molecule has 3 rings (SSSR count). The van der Waals surface area contributed by atoms with Gasteiger partial charge in [-0.05, 0) is 44.4 Å². The van der Waals surface area contributed by atoms with Gasteiger partial charge in [-0.1, -0.05) is 82.9 Å². The van der Waals surface area contributed by atoms with Gasteiger partial charge in [-0.2, -0.15) is 0 Å². The monoisotopic (exact) mass is 591 g/mol. The van der Waals surface area contributed by atoms with Gasteiger partial charge in [0.25, 0.3) is 0 Å². The van der Waals surface area contributed by atoms with Gasteiger partial charge in [0.05, 0.1) is 39.1 Å². The van der Waals surface area contributed by atoms with Gasteiger partial charge in [0.1, 0.15) is 24.1 Å². The summed E-state index contributed by atoms with van der Waals surface area (Å²) in [6.45, 7) is 11.6. The van der Waals surface area contributed by atoms with Crippen LogP contribution in [0.4, 0.5) is 0 Å². The van der Waals surface area contributed by atoms with Crippen LogP contribution in [0.5, 0.6) is 5.75 Å². The van der Waals surface area contributed by atoms with Crippen LogP contribution in [-0.2, 0) is 35.0 Å². The first-order valence-electron chi connectivity index (χ1n) is 16.2. The Hall–Kier alpha value is -1.52. The highest BCUT2D eigenvalue weighted by molar-refractivity contribution is 5.26. The maximum Gasteiger partial charge on any atom is 0.176 e. The molecular weight excluding hydrogens is 534 g/mol. The van der Waals surface area contributed by atoms with Gasteiger partial charge in [-0.15, -0.1) is 6.58 Å². The van der Waals surface area contributed by atoms with Crippen molar-refractivity contribution in [2.75, 3.05) is 26.9 Å². The van der Waals surface area contributed by atoms with Crippen molar-refractivity contribution < 1.29 is 33.2 Å². The Kier molecular flexibility index (Phi) is 15.8. The summed E-state index contributed by atoms with van der Waals surface area (Å²) in [7, 11) is 1.68. The number of methoxy groups -OCH3 is 1. The van der Waals surface area contributed by atoms with E-state index in [0.29, 0.717) is 26.4 Å². The molecule has 0 bridgehead atoms. The Labute approximate surface area is 254 Å². The molecule has 1 aromatic rings.